The summed E-state index contributed by atoms with van der Waals surface area (Å²) in [5.74, 6) is 0.563. The third kappa shape index (κ3) is 4.32. The van der Waals surface area contributed by atoms with E-state index in [1.807, 2.05) is 53.9 Å². The number of nitrogens with one attached hydrogen (secondary N) is 2. The van der Waals surface area contributed by atoms with Gasteiger partial charge in [-0.25, -0.2) is 9.97 Å². The second kappa shape index (κ2) is 8.12. The van der Waals surface area contributed by atoms with Crippen LogP contribution >= 0.6 is 34.7 Å². The fraction of sp³-hybridized carbons (Fsp3) is 0.105. The van der Waals surface area contributed by atoms with Gasteiger partial charge in [0.1, 0.15) is 0 Å². The van der Waals surface area contributed by atoms with E-state index in [0.29, 0.717) is 22.3 Å². The first-order chi connectivity index (χ1) is 13.2. The van der Waals surface area contributed by atoms with Crippen molar-refractivity contribution in [1.82, 2.24) is 15.0 Å². The average Bonchev–Trinajstić information content (AvgIpc) is 3.28. The van der Waals surface area contributed by atoms with Crippen molar-refractivity contribution in [2.75, 3.05) is 11.1 Å². The van der Waals surface area contributed by atoms with E-state index in [4.69, 9.17) is 11.6 Å². The number of carbonyl (C=O) groups excluding carboxylic acids is 1. The first-order valence-electron chi connectivity index (χ1n) is 8.27. The summed E-state index contributed by atoms with van der Waals surface area (Å²) >= 11 is 9.11. The molecule has 136 valence electrons. The number of carbonyl (C=O) groups is 1. The Morgan fingerprint density at radius 2 is 1.96 bits per heavy atom. The van der Waals surface area contributed by atoms with Crippen molar-refractivity contribution in [2.24, 2.45) is 0 Å². The number of anilines is 1. The van der Waals surface area contributed by atoms with Crippen molar-refractivity contribution in [3.63, 3.8) is 0 Å². The molecule has 0 radical (unpaired) electrons. The predicted molar refractivity (Wildman–Crippen MR) is 113 cm³/mol. The van der Waals surface area contributed by atoms with E-state index >= 15 is 0 Å². The number of H-pyrrole nitrogens is 1. The smallest absolute Gasteiger partial charge is 0.226 e. The van der Waals surface area contributed by atoms with Crippen molar-refractivity contribution in [2.45, 2.75) is 11.6 Å². The number of imidazole rings is 1. The minimum atomic E-state index is -0.0707. The molecule has 2 N–H and O–H groups in total. The van der Waals surface area contributed by atoms with Crippen LogP contribution < -0.4 is 5.32 Å². The molecule has 0 aliphatic rings. The maximum Gasteiger partial charge on any atom is 0.226 e. The highest BCUT2D eigenvalue weighted by atomic mass is 35.5. The van der Waals surface area contributed by atoms with Crippen LogP contribution in [0.4, 0.5) is 5.13 Å². The Kier molecular flexibility index (Phi) is 5.42. The van der Waals surface area contributed by atoms with Gasteiger partial charge < -0.3 is 10.3 Å². The van der Waals surface area contributed by atoms with Crippen LogP contribution in [0.15, 0.2) is 59.1 Å². The molecule has 1 amide bonds. The number of amides is 1. The van der Waals surface area contributed by atoms with Gasteiger partial charge in [-0.1, -0.05) is 53.7 Å². The monoisotopic (exact) mass is 414 g/mol. The molecule has 0 bridgehead atoms. The van der Waals surface area contributed by atoms with Gasteiger partial charge in [-0.15, -0.1) is 11.3 Å². The van der Waals surface area contributed by atoms with E-state index in [1.54, 1.807) is 0 Å². The maximum atomic E-state index is 12.2. The lowest BCUT2D eigenvalue weighted by molar-refractivity contribution is -0.115. The molecule has 0 aliphatic heterocycles. The number of halogens is 1. The number of nitrogens with zero attached hydrogens (tertiary/aromatic N) is 2. The Bertz CT molecular complexity index is 1060. The molecule has 0 saturated heterocycles. The van der Waals surface area contributed by atoms with E-state index < -0.39 is 0 Å². The summed E-state index contributed by atoms with van der Waals surface area (Å²) < 4.78 is 0. The molecule has 0 spiro atoms. The SMILES string of the molecule is O=C(CCSc1nc2ccccc2[nH]1)Nc1nc(-c2ccccc2Cl)cs1. The van der Waals surface area contributed by atoms with Gasteiger partial charge in [-0.3, -0.25) is 4.79 Å². The van der Waals surface area contributed by atoms with E-state index in [0.717, 1.165) is 27.4 Å². The van der Waals surface area contributed by atoms with Gasteiger partial charge in [0.15, 0.2) is 10.3 Å². The van der Waals surface area contributed by atoms with Gasteiger partial charge in [0.05, 0.1) is 16.7 Å². The Labute approximate surface area is 169 Å². The van der Waals surface area contributed by atoms with Gasteiger partial charge in [0.2, 0.25) is 5.91 Å². The van der Waals surface area contributed by atoms with Crippen LogP contribution in [-0.2, 0) is 4.79 Å². The fourth-order valence-corrected chi connectivity index (χ4v) is 4.33. The van der Waals surface area contributed by atoms with Crippen molar-refractivity contribution < 1.29 is 4.79 Å². The summed E-state index contributed by atoms with van der Waals surface area (Å²) in [6.07, 6.45) is 0.378. The zero-order valence-electron chi connectivity index (χ0n) is 14.1. The Morgan fingerprint density at radius 3 is 2.81 bits per heavy atom. The Morgan fingerprint density at radius 1 is 1.15 bits per heavy atom. The quantitative estimate of drug-likeness (QED) is 0.411. The summed E-state index contributed by atoms with van der Waals surface area (Å²) in [6, 6.07) is 15.4. The molecule has 2 aromatic carbocycles. The van der Waals surface area contributed by atoms with Gasteiger partial charge in [0.25, 0.3) is 0 Å². The van der Waals surface area contributed by atoms with Crippen LogP contribution in [0.3, 0.4) is 0 Å². The summed E-state index contributed by atoms with van der Waals surface area (Å²) in [6.45, 7) is 0. The van der Waals surface area contributed by atoms with Gasteiger partial charge in [-0.05, 0) is 18.2 Å². The normalized spacial score (nSPS) is 11.0. The number of rotatable bonds is 6. The molecule has 4 rings (SSSR count). The molecule has 2 aromatic heterocycles. The molecule has 5 nitrogen and oxygen atoms in total. The third-order valence-electron chi connectivity index (χ3n) is 3.84. The number of thioether (sulfide) groups is 1. The standard InChI is InChI=1S/C19H15ClN4OS2/c20-13-6-2-1-5-12(13)16-11-27-19(23-16)24-17(25)9-10-26-18-21-14-7-3-4-8-15(14)22-18/h1-8,11H,9-10H2,(H,21,22)(H,23,24,25). The van der Waals surface area contributed by atoms with Crippen LogP contribution in [-0.4, -0.2) is 26.6 Å². The largest absolute Gasteiger partial charge is 0.333 e. The van der Waals surface area contributed by atoms with Crippen molar-refractivity contribution in [3.8, 4) is 11.3 Å². The third-order valence-corrected chi connectivity index (χ3v) is 5.80. The molecule has 27 heavy (non-hydrogen) atoms. The van der Waals surface area contributed by atoms with Gasteiger partial charge >= 0.3 is 0 Å². The lowest BCUT2D eigenvalue weighted by Crippen LogP contribution is -2.12. The first kappa shape index (κ1) is 18.0. The second-order valence-corrected chi connectivity index (χ2v) is 8.07. The number of hydrogen-bond acceptors (Lipinski definition) is 5. The van der Waals surface area contributed by atoms with E-state index in [1.165, 1.54) is 23.1 Å². The van der Waals surface area contributed by atoms with Crippen molar-refractivity contribution in [1.29, 1.82) is 0 Å². The zero-order chi connectivity index (χ0) is 18.6. The molecule has 0 atom stereocenters. The van der Waals surface area contributed by atoms with Crippen LogP contribution in [0.2, 0.25) is 5.02 Å². The first-order valence-corrected chi connectivity index (χ1v) is 10.5. The summed E-state index contributed by atoms with van der Waals surface area (Å²) in [4.78, 5) is 24.4. The summed E-state index contributed by atoms with van der Waals surface area (Å²) in [5.41, 5.74) is 3.55. The highest BCUT2D eigenvalue weighted by molar-refractivity contribution is 7.99. The molecule has 0 saturated carbocycles. The lowest BCUT2D eigenvalue weighted by atomic mass is 10.2. The number of aromatic nitrogens is 3. The minimum absolute atomic E-state index is 0.0707. The number of hydrogen-bond donors (Lipinski definition) is 2. The van der Waals surface area contributed by atoms with Crippen molar-refractivity contribution >= 4 is 56.8 Å². The van der Waals surface area contributed by atoms with Crippen LogP contribution in [0.1, 0.15) is 6.42 Å². The highest BCUT2D eigenvalue weighted by Crippen LogP contribution is 2.30. The summed E-state index contributed by atoms with van der Waals surface area (Å²) in [5, 5.41) is 6.77. The maximum absolute atomic E-state index is 12.2. The molecule has 4 aromatic rings. The fourth-order valence-electron chi connectivity index (χ4n) is 2.54. The number of fused-ring (bicyclic) bond motifs is 1. The average molecular weight is 415 g/mol. The van der Waals surface area contributed by atoms with E-state index in [9.17, 15) is 4.79 Å². The number of aromatic amines is 1. The Hall–Kier alpha value is -2.35. The van der Waals surface area contributed by atoms with Crippen LogP contribution in [0, 0.1) is 0 Å². The van der Waals surface area contributed by atoms with Gasteiger partial charge in [0, 0.05) is 28.1 Å². The zero-order valence-corrected chi connectivity index (χ0v) is 16.5. The Balaban J connectivity index is 1.31. The van der Waals surface area contributed by atoms with E-state index in [-0.39, 0.29) is 5.91 Å². The second-order valence-electron chi connectivity index (χ2n) is 5.72. The molecule has 8 heteroatoms. The van der Waals surface area contributed by atoms with E-state index in [2.05, 4.69) is 20.3 Å². The topological polar surface area (TPSA) is 70.7 Å². The number of para-hydroxylation sites is 2. The number of benzene rings is 2. The molecule has 0 unspecified atom stereocenters. The van der Waals surface area contributed by atoms with Crippen molar-refractivity contribution in [3.05, 3.63) is 58.9 Å². The molecule has 0 aliphatic carbocycles. The molecule has 0 fully saturated rings. The van der Waals surface area contributed by atoms with Gasteiger partial charge in [-0.2, -0.15) is 0 Å². The highest BCUT2D eigenvalue weighted by Gasteiger charge is 2.11. The molecular formula is C19H15ClN4OS2. The van der Waals surface area contributed by atoms with Crippen LogP contribution in [0.5, 0.6) is 0 Å². The summed E-state index contributed by atoms with van der Waals surface area (Å²) in [7, 11) is 0. The molecule has 2 heterocycles. The predicted octanol–water partition coefficient (Wildman–Crippen LogP) is 5.46. The van der Waals surface area contributed by atoms with Crippen LogP contribution in [0.25, 0.3) is 22.3 Å². The lowest BCUT2D eigenvalue weighted by Gasteiger charge is -2.01. The minimum Gasteiger partial charge on any atom is -0.333 e. The number of thiazole rings is 1. The molecular weight excluding hydrogens is 400 g/mol.